The smallest absolute Gasteiger partial charge is 0.496 e. The predicted molar refractivity (Wildman–Crippen MR) is 75.3 cm³/mol. The Morgan fingerprint density at radius 3 is 2.68 bits per heavy atom. The summed E-state index contributed by atoms with van der Waals surface area (Å²) < 4.78 is 62.8. The Bertz CT molecular complexity index is 687. The number of para-hydroxylation sites is 1. The Balaban J connectivity index is 1.79. The number of fused-ring (bicyclic) bond motifs is 1. The summed E-state index contributed by atoms with van der Waals surface area (Å²) in [7, 11) is 0. The lowest BCUT2D eigenvalue weighted by Crippen LogP contribution is -2.35. The van der Waals surface area contributed by atoms with Gasteiger partial charge < -0.3 is 22.4 Å². The normalized spacial score (nSPS) is 17.0. The molecule has 0 saturated carbocycles. The van der Waals surface area contributed by atoms with Crippen molar-refractivity contribution in [1.29, 1.82) is 0 Å². The lowest BCUT2D eigenvalue weighted by molar-refractivity contribution is 0.248. The van der Waals surface area contributed by atoms with Crippen molar-refractivity contribution in [3.63, 3.8) is 0 Å². The fraction of sp³-hybridized carbons (Fsp3) is 0.200. The molecule has 0 aliphatic carbocycles. The summed E-state index contributed by atoms with van der Waals surface area (Å²) in [5.74, 6) is -0.706. The Morgan fingerprint density at radius 1 is 1.14 bits per heavy atom. The van der Waals surface area contributed by atoms with Gasteiger partial charge in [-0.05, 0) is 12.1 Å². The van der Waals surface area contributed by atoms with Crippen LogP contribution in [0.1, 0.15) is 11.5 Å². The Morgan fingerprint density at radius 2 is 1.91 bits per heavy atom. The second-order valence-electron chi connectivity index (χ2n) is 5.11. The molecule has 22 heavy (non-hydrogen) atoms. The molecule has 116 valence electrons. The summed E-state index contributed by atoms with van der Waals surface area (Å²) in [5.41, 5.74) is -0.0356. The molecule has 0 N–H and O–H groups in total. The summed E-state index contributed by atoms with van der Waals surface area (Å²) in [6, 6.07) is 9.55. The van der Waals surface area contributed by atoms with Gasteiger partial charge in [-0.3, -0.25) is 0 Å². The zero-order valence-electron chi connectivity index (χ0n) is 11.4. The first-order valence-electron chi connectivity index (χ1n) is 6.79. The number of hydrogen-bond acceptors (Lipinski definition) is 2. The van der Waals surface area contributed by atoms with E-state index in [1.807, 2.05) is 18.2 Å². The summed E-state index contributed by atoms with van der Waals surface area (Å²) in [6.45, 7) is -4.92. The highest BCUT2D eigenvalue weighted by Gasteiger charge is 2.30. The Hall–Kier alpha value is -2.18. The quantitative estimate of drug-likeness (QED) is 0.636. The maximum Gasteiger partial charge on any atom is 0.513 e. The van der Waals surface area contributed by atoms with E-state index in [0.29, 0.717) is 18.4 Å². The molecule has 1 atom stereocenters. The van der Waals surface area contributed by atoms with Crippen LogP contribution in [0.15, 0.2) is 42.5 Å². The van der Waals surface area contributed by atoms with Gasteiger partial charge >= 0.3 is 6.98 Å². The van der Waals surface area contributed by atoms with E-state index >= 15 is 0 Å². The average Bonchev–Trinajstić information content (AvgIpc) is 2.87. The van der Waals surface area contributed by atoms with E-state index in [-0.39, 0.29) is 12.5 Å². The minimum atomic E-state index is -5.26. The van der Waals surface area contributed by atoms with Gasteiger partial charge in [-0.2, -0.15) is 0 Å². The van der Waals surface area contributed by atoms with E-state index in [9.17, 15) is 17.3 Å². The molecule has 7 heteroatoms. The second kappa shape index (κ2) is 5.55. The number of ether oxygens (including phenoxy) is 2. The first kappa shape index (κ1) is 14.7. The molecule has 2 aromatic rings. The molecular formula is C15H12BF4O2-. The first-order chi connectivity index (χ1) is 10.4. The SMILES string of the molecule is Fc1ccc([B-](F)(F)F)c(OCC2COc3ccccc32)c1. The molecule has 0 bridgehead atoms. The molecule has 1 aliphatic heterocycles. The summed E-state index contributed by atoms with van der Waals surface area (Å²) >= 11 is 0. The second-order valence-corrected chi connectivity index (χ2v) is 5.11. The molecule has 2 aromatic carbocycles. The first-order valence-corrected chi connectivity index (χ1v) is 6.79. The lowest BCUT2D eigenvalue weighted by Gasteiger charge is -2.21. The summed E-state index contributed by atoms with van der Waals surface area (Å²) in [5, 5.41) is 0. The van der Waals surface area contributed by atoms with Gasteiger partial charge in [0.1, 0.15) is 11.6 Å². The van der Waals surface area contributed by atoms with Crippen LogP contribution in [0.25, 0.3) is 0 Å². The molecule has 0 aromatic heterocycles. The molecule has 0 radical (unpaired) electrons. The average molecular weight is 311 g/mol. The monoisotopic (exact) mass is 311 g/mol. The van der Waals surface area contributed by atoms with Crippen LogP contribution >= 0.6 is 0 Å². The highest BCUT2D eigenvalue weighted by atomic mass is 19.4. The van der Waals surface area contributed by atoms with E-state index < -0.39 is 24.0 Å². The van der Waals surface area contributed by atoms with Crippen LogP contribution in [-0.4, -0.2) is 20.2 Å². The molecule has 0 spiro atoms. The zero-order chi connectivity index (χ0) is 15.7. The molecule has 1 aliphatic rings. The molecule has 1 unspecified atom stereocenters. The van der Waals surface area contributed by atoms with E-state index in [2.05, 4.69) is 0 Å². The minimum Gasteiger partial charge on any atom is -0.496 e. The minimum absolute atomic E-state index is 0.000370. The third-order valence-corrected chi connectivity index (χ3v) is 3.57. The summed E-state index contributed by atoms with van der Waals surface area (Å²) in [4.78, 5) is 0. The van der Waals surface area contributed by atoms with Crippen molar-refractivity contribution in [2.45, 2.75) is 5.92 Å². The molecule has 3 rings (SSSR count). The van der Waals surface area contributed by atoms with Crippen LogP contribution in [0.2, 0.25) is 0 Å². The highest BCUT2D eigenvalue weighted by Crippen LogP contribution is 2.33. The van der Waals surface area contributed by atoms with Gasteiger partial charge in [0.15, 0.2) is 0 Å². The number of rotatable bonds is 4. The largest absolute Gasteiger partial charge is 0.513 e. The predicted octanol–water partition coefficient (Wildman–Crippen LogP) is 3.44. The lowest BCUT2D eigenvalue weighted by atomic mass is 9.79. The standard InChI is InChI=1S/C15H12BF4O2/c17-11-5-6-13(16(18,19)20)15(7-11)22-9-10-8-21-14-4-2-1-3-12(10)14/h1-7,10H,8-9H2/q-1. The molecule has 1 heterocycles. The fourth-order valence-electron chi connectivity index (χ4n) is 2.46. The van der Waals surface area contributed by atoms with Gasteiger partial charge in [0, 0.05) is 11.6 Å². The van der Waals surface area contributed by atoms with Crippen molar-refractivity contribution < 1.29 is 26.8 Å². The van der Waals surface area contributed by atoms with Gasteiger partial charge in [-0.15, -0.1) is 0 Å². The molecular weight excluding hydrogens is 299 g/mol. The van der Waals surface area contributed by atoms with Gasteiger partial charge in [-0.1, -0.05) is 29.7 Å². The Kier molecular flexibility index (Phi) is 3.72. The maximum absolute atomic E-state index is 13.2. The fourth-order valence-corrected chi connectivity index (χ4v) is 2.46. The van der Waals surface area contributed by atoms with Crippen molar-refractivity contribution in [3.8, 4) is 11.5 Å². The van der Waals surface area contributed by atoms with Crippen molar-refractivity contribution in [1.82, 2.24) is 0 Å². The molecule has 0 fully saturated rings. The van der Waals surface area contributed by atoms with Gasteiger partial charge in [0.2, 0.25) is 0 Å². The van der Waals surface area contributed by atoms with Crippen molar-refractivity contribution >= 4 is 12.4 Å². The third-order valence-electron chi connectivity index (χ3n) is 3.57. The maximum atomic E-state index is 13.2. The van der Waals surface area contributed by atoms with E-state index in [4.69, 9.17) is 9.47 Å². The third kappa shape index (κ3) is 2.88. The van der Waals surface area contributed by atoms with Gasteiger partial charge in [0.25, 0.3) is 0 Å². The van der Waals surface area contributed by atoms with E-state index in [1.165, 1.54) is 0 Å². The number of benzene rings is 2. The molecule has 0 saturated heterocycles. The topological polar surface area (TPSA) is 18.5 Å². The van der Waals surface area contributed by atoms with Gasteiger partial charge in [0.05, 0.1) is 24.9 Å². The zero-order valence-corrected chi connectivity index (χ0v) is 11.4. The van der Waals surface area contributed by atoms with E-state index in [1.54, 1.807) is 6.07 Å². The van der Waals surface area contributed by atoms with Crippen molar-refractivity contribution in [3.05, 3.63) is 53.8 Å². The van der Waals surface area contributed by atoms with Crippen LogP contribution in [0, 0.1) is 5.82 Å². The number of hydrogen-bond donors (Lipinski definition) is 0. The van der Waals surface area contributed by atoms with Crippen LogP contribution < -0.4 is 14.9 Å². The molecule has 2 nitrogen and oxygen atoms in total. The van der Waals surface area contributed by atoms with Crippen LogP contribution in [0.5, 0.6) is 11.5 Å². The van der Waals surface area contributed by atoms with Crippen LogP contribution in [0.4, 0.5) is 17.3 Å². The van der Waals surface area contributed by atoms with Gasteiger partial charge in [-0.25, -0.2) is 4.39 Å². The van der Waals surface area contributed by atoms with Crippen LogP contribution in [-0.2, 0) is 0 Å². The van der Waals surface area contributed by atoms with Crippen molar-refractivity contribution in [2.75, 3.05) is 13.2 Å². The Labute approximate surface area is 124 Å². The summed E-state index contributed by atoms with van der Waals surface area (Å²) in [6.07, 6.45) is 0. The van der Waals surface area contributed by atoms with Crippen molar-refractivity contribution in [2.24, 2.45) is 0 Å². The van der Waals surface area contributed by atoms with Crippen LogP contribution in [0.3, 0.4) is 0 Å². The molecule has 0 amide bonds. The number of halogens is 4. The van der Waals surface area contributed by atoms with E-state index in [0.717, 1.165) is 17.7 Å². The highest BCUT2D eigenvalue weighted by molar-refractivity contribution is 6.74.